The summed E-state index contributed by atoms with van der Waals surface area (Å²) in [5.41, 5.74) is 1.01. The number of hydrogen-bond acceptors (Lipinski definition) is 6. The van der Waals surface area contributed by atoms with Crippen molar-refractivity contribution in [3.8, 4) is 0 Å². The molecule has 1 aliphatic rings. The van der Waals surface area contributed by atoms with E-state index in [-0.39, 0.29) is 17.0 Å². The van der Waals surface area contributed by atoms with Crippen molar-refractivity contribution in [1.82, 2.24) is 14.1 Å². The van der Waals surface area contributed by atoms with Crippen molar-refractivity contribution in [2.75, 3.05) is 11.9 Å². The second kappa shape index (κ2) is 8.54. The molecule has 8 nitrogen and oxygen atoms in total. The van der Waals surface area contributed by atoms with E-state index in [2.05, 4.69) is 10.4 Å². The number of hydrogen-bond donors (Lipinski definition) is 1. The molecule has 1 amide bonds. The molecule has 4 aromatic rings. The summed E-state index contributed by atoms with van der Waals surface area (Å²) < 4.78 is 28.9. The van der Waals surface area contributed by atoms with Crippen LogP contribution in [0.3, 0.4) is 0 Å². The van der Waals surface area contributed by atoms with Crippen molar-refractivity contribution in [3.63, 3.8) is 0 Å². The molecule has 0 fully saturated rings. The molecule has 10 heteroatoms. The van der Waals surface area contributed by atoms with Crippen molar-refractivity contribution in [2.45, 2.75) is 24.4 Å². The highest BCUT2D eigenvalue weighted by Crippen LogP contribution is 2.28. The van der Waals surface area contributed by atoms with E-state index in [4.69, 9.17) is 0 Å². The number of carbonyl (C=O) groups excluding carboxylic acids is 1. The van der Waals surface area contributed by atoms with E-state index in [0.29, 0.717) is 36.0 Å². The smallest absolute Gasteiger partial charge is 0.275 e. The fraction of sp³-hybridized carbons (Fsp3) is 0.174. The van der Waals surface area contributed by atoms with E-state index >= 15 is 0 Å². The number of nitrogens with one attached hydrogen (secondary N) is 1. The molecule has 2 aromatic heterocycles. The summed E-state index contributed by atoms with van der Waals surface area (Å²) in [5, 5.41) is 9.89. The monoisotopic (exact) mass is 480 g/mol. The van der Waals surface area contributed by atoms with Crippen molar-refractivity contribution in [1.29, 1.82) is 0 Å². The minimum Gasteiger partial charge on any atom is -0.324 e. The third-order valence-corrected chi connectivity index (χ3v) is 8.45. The highest BCUT2D eigenvalue weighted by Gasteiger charge is 2.29. The van der Waals surface area contributed by atoms with Gasteiger partial charge in [-0.15, -0.1) is 11.3 Å². The predicted octanol–water partition coefficient (Wildman–Crippen LogP) is 2.84. The first-order valence-corrected chi connectivity index (χ1v) is 12.6. The van der Waals surface area contributed by atoms with Gasteiger partial charge in [-0.3, -0.25) is 9.59 Å². The number of sulfonamides is 1. The summed E-state index contributed by atoms with van der Waals surface area (Å²) in [6, 6.07) is 15.1. The van der Waals surface area contributed by atoms with Crippen molar-refractivity contribution >= 4 is 43.7 Å². The molecule has 0 unspecified atom stereocenters. The molecule has 168 valence electrons. The van der Waals surface area contributed by atoms with Crippen molar-refractivity contribution in [3.05, 3.63) is 87.0 Å². The van der Waals surface area contributed by atoms with Gasteiger partial charge in [0.05, 0.1) is 16.5 Å². The first-order valence-electron chi connectivity index (χ1n) is 10.3. The van der Waals surface area contributed by atoms with Gasteiger partial charge in [0.25, 0.3) is 5.56 Å². The molecule has 5 rings (SSSR count). The Morgan fingerprint density at radius 3 is 2.85 bits per heavy atom. The average Bonchev–Trinajstić information content (AvgIpc) is 3.29. The average molecular weight is 481 g/mol. The molecule has 0 radical (unpaired) electrons. The Morgan fingerprint density at radius 1 is 1.12 bits per heavy atom. The number of thiophene rings is 1. The van der Waals surface area contributed by atoms with E-state index in [1.165, 1.54) is 27.5 Å². The zero-order chi connectivity index (χ0) is 23.0. The van der Waals surface area contributed by atoms with Crippen LogP contribution in [0.5, 0.6) is 0 Å². The lowest BCUT2D eigenvalue weighted by Gasteiger charge is -2.26. The Bertz CT molecular complexity index is 1520. The molecule has 0 saturated carbocycles. The van der Waals surface area contributed by atoms with Crippen LogP contribution in [0.4, 0.5) is 5.69 Å². The van der Waals surface area contributed by atoms with Crippen LogP contribution in [-0.2, 0) is 34.3 Å². The Balaban J connectivity index is 1.33. The van der Waals surface area contributed by atoms with Gasteiger partial charge in [-0.05, 0) is 47.7 Å². The number of rotatable bonds is 5. The number of fused-ring (bicyclic) bond motifs is 2. The van der Waals surface area contributed by atoms with Gasteiger partial charge in [-0.2, -0.15) is 9.40 Å². The zero-order valence-electron chi connectivity index (χ0n) is 17.5. The zero-order valence-corrected chi connectivity index (χ0v) is 19.1. The van der Waals surface area contributed by atoms with Crippen LogP contribution in [0.25, 0.3) is 10.8 Å². The summed E-state index contributed by atoms with van der Waals surface area (Å²) in [6.07, 6.45) is 2.23. The molecular weight excluding hydrogens is 460 g/mol. The summed E-state index contributed by atoms with van der Waals surface area (Å²) >= 11 is 1.65. The fourth-order valence-electron chi connectivity index (χ4n) is 3.89. The second-order valence-corrected chi connectivity index (χ2v) is 10.7. The normalized spacial score (nSPS) is 14.2. The molecule has 1 N–H and O–H groups in total. The van der Waals surface area contributed by atoms with Gasteiger partial charge < -0.3 is 5.32 Å². The minimum absolute atomic E-state index is 0.111. The quantitative estimate of drug-likeness (QED) is 0.473. The van der Waals surface area contributed by atoms with Crippen LogP contribution in [-0.4, -0.2) is 35.0 Å². The summed E-state index contributed by atoms with van der Waals surface area (Å²) in [4.78, 5) is 26.5. The molecule has 1 aliphatic heterocycles. The first kappa shape index (κ1) is 21.5. The Kier molecular flexibility index (Phi) is 5.57. The molecule has 0 saturated heterocycles. The van der Waals surface area contributed by atoms with Gasteiger partial charge in [0.1, 0.15) is 6.54 Å². The number of carbonyl (C=O) groups is 1. The topological polar surface area (TPSA) is 101 Å². The predicted molar refractivity (Wildman–Crippen MR) is 127 cm³/mol. The number of amides is 1. The molecule has 0 aliphatic carbocycles. The third-order valence-electron chi connectivity index (χ3n) is 5.58. The Morgan fingerprint density at radius 2 is 1.97 bits per heavy atom. The van der Waals surface area contributed by atoms with E-state index < -0.39 is 15.9 Å². The van der Waals surface area contributed by atoms with Crippen LogP contribution in [0.2, 0.25) is 0 Å². The highest BCUT2D eigenvalue weighted by atomic mass is 32.2. The van der Waals surface area contributed by atoms with E-state index in [9.17, 15) is 18.0 Å². The molecule has 0 atom stereocenters. The van der Waals surface area contributed by atoms with Crippen LogP contribution in [0.15, 0.2) is 75.9 Å². The largest absolute Gasteiger partial charge is 0.324 e. The van der Waals surface area contributed by atoms with Crippen molar-refractivity contribution < 1.29 is 13.2 Å². The number of aromatic nitrogens is 2. The summed E-state index contributed by atoms with van der Waals surface area (Å²) in [6.45, 7) is 0.477. The van der Waals surface area contributed by atoms with E-state index in [1.807, 2.05) is 17.5 Å². The van der Waals surface area contributed by atoms with Gasteiger partial charge in [0.2, 0.25) is 15.9 Å². The highest BCUT2D eigenvalue weighted by molar-refractivity contribution is 7.89. The maximum absolute atomic E-state index is 13.2. The molecule has 0 bridgehead atoms. The first-order chi connectivity index (χ1) is 15.9. The Labute approximate surface area is 194 Å². The number of benzene rings is 2. The standard InChI is InChI=1S/C23H20N4O4S2/c28-22(15-27-23(29)20-7-2-1-4-16(20)13-24-27)25-18-5-3-6-19(12-18)33(30,31)26-10-8-21-17(14-26)9-11-32-21/h1-7,9,11-13H,8,10,14-15H2,(H,25,28). The van der Waals surface area contributed by atoms with E-state index in [1.54, 1.807) is 41.7 Å². The maximum Gasteiger partial charge on any atom is 0.275 e. The fourth-order valence-corrected chi connectivity index (χ4v) is 6.24. The molecule has 2 aromatic carbocycles. The molecular formula is C23H20N4O4S2. The second-order valence-electron chi connectivity index (χ2n) is 7.73. The maximum atomic E-state index is 13.2. The molecule has 33 heavy (non-hydrogen) atoms. The van der Waals surface area contributed by atoms with Crippen LogP contribution in [0.1, 0.15) is 10.4 Å². The number of anilines is 1. The van der Waals surface area contributed by atoms with Gasteiger partial charge >= 0.3 is 0 Å². The van der Waals surface area contributed by atoms with Gasteiger partial charge in [0, 0.05) is 29.0 Å². The lowest BCUT2D eigenvalue weighted by atomic mass is 10.1. The minimum atomic E-state index is -3.71. The van der Waals surface area contributed by atoms with Gasteiger partial charge in [-0.1, -0.05) is 24.3 Å². The molecule has 0 spiro atoms. The van der Waals surface area contributed by atoms with Crippen LogP contribution >= 0.6 is 11.3 Å². The van der Waals surface area contributed by atoms with E-state index in [0.717, 1.165) is 10.2 Å². The lowest BCUT2D eigenvalue weighted by Crippen LogP contribution is -2.35. The van der Waals surface area contributed by atoms with Gasteiger partial charge in [-0.25, -0.2) is 13.1 Å². The Hall–Kier alpha value is -3.34. The van der Waals surface area contributed by atoms with Crippen LogP contribution in [0, 0.1) is 0 Å². The number of nitrogens with zero attached hydrogens (tertiary/aromatic N) is 3. The SMILES string of the molecule is O=C(Cn1ncc2ccccc2c1=O)Nc1cccc(S(=O)(=O)N2CCc3sccc3C2)c1. The van der Waals surface area contributed by atoms with Gasteiger partial charge in [0.15, 0.2) is 0 Å². The lowest BCUT2D eigenvalue weighted by molar-refractivity contribution is -0.117. The third kappa shape index (κ3) is 4.20. The summed E-state index contributed by atoms with van der Waals surface area (Å²) in [7, 11) is -3.71. The van der Waals surface area contributed by atoms with Crippen LogP contribution < -0.4 is 10.9 Å². The van der Waals surface area contributed by atoms with Crippen molar-refractivity contribution in [2.24, 2.45) is 0 Å². The summed E-state index contributed by atoms with van der Waals surface area (Å²) in [5.74, 6) is -0.477. The molecule has 3 heterocycles.